The highest BCUT2D eigenvalue weighted by Crippen LogP contribution is 2.30. The van der Waals surface area contributed by atoms with Crippen LogP contribution in [0.3, 0.4) is 0 Å². The highest BCUT2D eigenvalue weighted by Gasteiger charge is 2.05. The van der Waals surface area contributed by atoms with E-state index in [0.717, 1.165) is 23.1 Å². The lowest BCUT2D eigenvalue weighted by Gasteiger charge is -2.08. The number of nitrogens with two attached hydrogens (primary N) is 1. The lowest BCUT2D eigenvalue weighted by Crippen LogP contribution is -2.02. The van der Waals surface area contributed by atoms with Crippen LogP contribution in [0.2, 0.25) is 0 Å². The summed E-state index contributed by atoms with van der Waals surface area (Å²) in [5, 5.41) is 9.88. The Morgan fingerprint density at radius 2 is 1.94 bits per heavy atom. The fourth-order valence-corrected chi connectivity index (χ4v) is 1.94. The average Bonchev–Trinajstić information content (AvgIpc) is 2.33. The first-order chi connectivity index (χ1) is 8.20. The van der Waals surface area contributed by atoms with Gasteiger partial charge in [-0.1, -0.05) is 35.9 Å². The maximum Gasteiger partial charge on any atom is 0.123 e. The van der Waals surface area contributed by atoms with Gasteiger partial charge in [-0.15, -0.1) is 0 Å². The van der Waals surface area contributed by atoms with Crippen LogP contribution in [0, 0.1) is 6.92 Å². The van der Waals surface area contributed by atoms with Crippen molar-refractivity contribution in [2.75, 3.05) is 6.54 Å². The molecule has 0 atom stereocenters. The number of benzene rings is 2. The van der Waals surface area contributed by atoms with Crippen molar-refractivity contribution in [3.05, 3.63) is 53.6 Å². The lowest BCUT2D eigenvalue weighted by molar-refractivity contribution is 0.477. The number of rotatable bonds is 3. The first kappa shape index (κ1) is 11.7. The Morgan fingerprint density at radius 1 is 1.12 bits per heavy atom. The number of hydrogen-bond acceptors (Lipinski definition) is 2. The van der Waals surface area contributed by atoms with Crippen molar-refractivity contribution >= 4 is 0 Å². The molecule has 17 heavy (non-hydrogen) atoms. The second kappa shape index (κ2) is 5.02. The monoisotopic (exact) mass is 227 g/mol. The van der Waals surface area contributed by atoms with Gasteiger partial charge in [0.05, 0.1) is 0 Å². The summed E-state index contributed by atoms with van der Waals surface area (Å²) in [6, 6.07) is 13.8. The fraction of sp³-hybridized carbons (Fsp3) is 0.200. The van der Waals surface area contributed by atoms with Crippen LogP contribution in [0.1, 0.15) is 11.1 Å². The summed E-state index contributed by atoms with van der Waals surface area (Å²) in [5.41, 5.74) is 9.81. The van der Waals surface area contributed by atoms with Crippen LogP contribution in [0.5, 0.6) is 5.75 Å². The van der Waals surface area contributed by atoms with E-state index in [1.54, 1.807) is 6.07 Å². The third kappa shape index (κ3) is 2.66. The molecule has 2 nitrogen and oxygen atoms in total. The van der Waals surface area contributed by atoms with Gasteiger partial charge < -0.3 is 10.8 Å². The molecule has 2 aromatic carbocycles. The number of hydrogen-bond donors (Lipinski definition) is 2. The minimum atomic E-state index is 0.320. The quantitative estimate of drug-likeness (QED) is 0.847. The van der Waals surface area contributed by atoms with Crippen LogP contribution in [-0.4, -0.2) is 11.7 Å². The largest absolute Gasteiger partial charge is 0.507 e. The molecule has 0 radical (unpaired) electrons. The molecule has 0 aliphatic rings. The number of aromatic hydroxyl groups is 1. The molecular formula is C15H17NO. The number of phenols is 1. The second-order valence-electron chi connectivity index (χ2n) is 4.26. The predicted octanol–water partition coefficient (Wildman–Crippen LogP) is 2.87. The van der Waals surface area contributed by atoms with Gasteiger partial charge in [0, 0.05) is 5.56 Å². The van der Waals surface area contributed by atoms with Crippen LogP contribution >= 0.6 is 0 Å². The molecule has 0 fully saturated rings. The van der Waals surface area contributed by atoms with Crippen LogP contribution in [-0.2, 0) is 6.42 Å². The molecular weight excluding hydrogens is 210 g/mol. The Hall–Kier alpha value is -1.80. The molecule has 0 saturated heterocycles. The molecule has 0 aliphatic carbocycles. The van der Waals surface area contributed by atoms with Crippen molar-refractivity contribution in [1.29, 1.82) is 0 Å². The minimum absolute atomic E-state index is 0.320. The normalized spacial score (nSPS) is 10.5. The standard InChI is InChI=1S/C15H17NO/c1-11-5-6-15(17)14(9-11)13-4-2-3-12(10-13)7-8-16/h2-6,9-10,17H,7-8,16H2,1H3. The summed E-state index contributed by atoms with van der Waals surface area (Å²) < 4.78 is 0. The third-order valence-electron chi connectivity index (χ3n) is 2.82. The van der Waals surface area contributed by atoms with E-state index in [4.69, 9.17) is 5.73 Å². The van der Waals surface area contributed by atoms with E-state index in [0.29, 0.717) is 12.3 Å². The second-order valence-corrected chi connectivity index (χ2v) is 4.26. The zero-order valence-corrected chi connectivity index (χ0v) is 9.98. The Bertz CT molecular complexity index is 520. The van der Waals surface area contributed by atoms with E-state index in [9.17, 15) is 5.11 Å². The summed E-state index contributed by atoms with van der Waals surface area (Å²) in [4.78, 5) is 0. The average molecular weight is 227 g/mol. The molecule has 0 amide bonds. The zero-order valence-electron chi connectivity index (χ0n) is 9.98. The summed E-state index contributed by atoms with van der Waals surface area (Å²) in [6.45, 7) is 2.66. The molecule has 2 rings (SSSR count). The number of phenolic OH excluding ortho intramolecular Hbond substituents is 1. The van der Waals surface area contributed by atoms with E-state index in [2.05, 4.69) is 12.1 Å². The van der Waals surface area contributed by atoms with E-state index in [1.165, 1.54) is 5.56 Å². The summed E-state index contributed by atoms with van der Waals surface area (Å²) in [7, 11) is 0. The van der Waals surface area contributed by atoms with Crippen molar-refractivity contribution < 1.29 is 5.11 Å². The molecule has 0 unspecified atom stereocenters. The molecule has 0 heterocycles. The van der Waals surface area contributed by atoms with Gasteiger partial charge >= 0.3 is 0 Å². The third-order valence-corrected chi connectivity index (χ3v) is 2.82. The number of aryl methyl sites for hydroxylation is 1. The molecule has 0 aromatic heterocycles. The van der Waals surface area contributed by atoms with E-state index < -0.39 is 0 Å². The maximum absolute atomic E-state index is 9.88. The SMILES string of the molecule is Cc1ccc(O)c(-c2cccc(CCN)c2)c1. The molecule has 3 N–H and O–H groups in total. The van der Waals surface area contributed by atoms with E-state index in [1.807, 2.05) is 31.2 Å². The van der Waals surface area contributed by atoms with Gasteiger partial charge in [-0.2, -0.15) is 0 Å². The summed E-state index contributed by atoms with van der Waals surface area (Å²) in [5.74, 6) is 0.320. The van der Waals surface area contributed by atoms with Crippen LogP contribution < -0.4 is 5.73 Å². The van der Waals surface area contributed by atoms with Crippen molar-refractivity contribution in [2.45, 2.75) is 13.3 Å². The van der Waals surface area contributed by atoms with Gasteiger partial charge in [-0.25, -0.2) is 0 Å². The van der Waals surface area contributed by atoms with Crippen molar-refractivity contribution in [3.63, 3.8) is 0 Å². The van der Waals surface area contributed by atoms with Gasteiger partial charge in [0.15, 0.2) is 0 Å². The smallest absolute Gasteiger partial charge is 0.123 e. The van der Waals surface area contributed by atoms with Crippen LogP contribution in [0.4, 0.5) is 0 Å². The molecule has 0 aliphatic heterocycles. The van der Waals surface area contributed by atoms with Crippen molar-refractivity contribution in [3.8, 4) is 16.9 Å². The van der Waals surface area contributed by atoms with E-state index >= 15 is 0 Å². The highest BCUT2D eigenvalue weighted by atomic mass is 16.3. The summed E-state index contributed by atoms with van der Waals surface area (Å²) >= 11 is 0. The van der Waals surface area contributed by atoms with Crippen molar-refractivity contribution in [1.82, 2.24) is 0 Å². The van der Waals surface area contributed by atoms with Gasteiger partial charge in [-0.3, -0.25) is 0 Å². The van der Waals surface area contributed by atoms with Gasteiger partial charge in [0.2, 0.25) is 0 Å². The predicted molar refractivity (Wildman–Crippen MR) is 71.0 cm³/mol. The van der Waals surface area contributed by atoms with Crippen LogP contribution in [0.15, 0.2) is 42.5 Å². The van der Waals surface area contributed by atoms with Crippen LogP contribution in [0.25, 0.3) is 11.1 Å². The van der Waals surface area contributed by atoms with Gasteiger partial charge in [0.25, 0.3) is 0 Å². The Balaban J connectivity index is 2.45. The first-order valence-corrected chi connectivity index (χ1v) is 5.79. The molecule has 0 bridgehead atoms. The minimum Gasteiger partial charge on any atom is -0.507 e. The lowest BCUT2D eigenvalue weighted by atomic mass is 9.99. The zero-order chi connectivity index (χ0) is 12.3. The molecule has 0 spiro atoms. The Kier molecular flexibility index (Phi) is 3.45. The maximum atomic E-state index is 9.88. The summed E-state index contributed by atoms with van der Waals surface area (Å²) in [6.07, 6.45) is 0.862. The van der Waals surface area contributed by atoms with Gasteiger partial charge in [-0.05, 0) is 43.1 Å². The molecule has 2 aromatic rings. The van der Waals surface area contributed by atoms with Gasteiger partial charge in [0.1, 0.15) is 5.75 Å². The Morgan fingerprint density at radius 3 is 2.71 bits per heavy atom. The molecule has 88 valence electrons. The van der Waals surface area contributed by atoms with E-state index in [-0.39, 0.29) is 0 Å². The Labute approximate surface area is 102 Å². The van der Waals surface area contributed by atoms with Crippen molar-refractivity contribution in [2.24, 2.45) is 5.73 Å². The fourth-order valence-electron chi connectivity index (χ4n) is 1.94. The molecule has 2 heteroatoms. The first-order valence-electron chi connectivity index (χ1n) is 5.79. The highest BCUT2D eigenvalue weighted by molar-refractivity contribution is 5.71. The topological polar surface area (TPSA) is 46.2 Å². The molecule has 0 saturated carbocycles.